The molecule has 164 valence electrons. The van der Waals surface area contributed by atoms with E-state index in [4.69, 9.17) is 14.5 Å². The van der Waals surface area contributed by atoms with Crippen LogP contribution in [-0.2, 0) is 4.74 Å². The summed E-state index contributed by atoms with van der Waals surface area (Å²) >= 11 is 0. The molecule has 4 rings (SSSR count). The number of methoxy groups -OCH3 is 1. The van der Waals surface area contributed by atoms with Gasteiger partial charge in [0, 0.05) is 57.6 Å². The van der Waals surface area contributed by atoms with Crippen LogP contribution in [0.2, 0.25) is 0 Å². The van der Waals surface area contributed by atoms with Gasteiger partial charge in [-0.3, -0.25) is 4.98 Å². The normalized spacial score (nSPS) is 16.1. The molecule has 7 nitrogen and oxygen atoms in total. The van der Waals surface area contributed by atoms with Gasteiger partial charge in [-0.1, -0.05) is 0 Å². The van der Waals surface area contributed by atoms with Gasteiger partial charge in [0.15, 0.2) is 0 Å². The lowest BCUT2D eigenvalue weighted by Gasteiger charge is -2.22. The van der Waals surface area contributed by atoms with Gasteiger partial charge in [-0.2, -0.15) is 0 Å². The van der Waals surface area contributed by atoms with E-state index >= 15 is 0 Å². The van der Waals surface area contributed by atoms with Gasteiger partial charge in [0.1, 0.15) is 12.4 Å². The first kappa shape index (κ1) is 21.3. The van der Waals surface area contributed by atoms with Crippen LogP contribution in [0.5, 0.6) is 5.75 Å². The molecule has 2 aromatic heterocycles. The molecule has 1 N–H and O–H groups in total. The smallest absolute Gasteiger partial charge is 0.137 e. The van der Waals surface area contributed by atoms with E-state index in [1.807, 2.05) is 33.3 Å². The lowest BCUT2D eigenvalue weighted by molar-refractivity contribution is 0.121. The molecule has 7 heteroatoms. The van der Waals surface area contributed by atoms with Gasteiger partial charge >= 0.3 is 0 Å². The maximum Gasteiger partial charge on any atom is 0.137 e. The fourth-order valence-corrected chi connectivity index (χ4v) is 3.90. The number of ether oxygens (including phenoxy) is 2. The second kappa shape index (κ2) is 9.49. The topological polar surface area (TPSA) is 62.8 Å². The summed E-state index contributed by atoms with van der Waals surface area (Å²) in [5.41, 5.74) is 4.97. The standard InChI is InChI=1S/C24H31N5O2/c1-25-10-12-31-18-6-8-21(26-15-18)23-14-24(29-11-9-19(16-29)30-4)20-7-5-17(28(2)3)13-22(20)27-23/h5-8,13-15,19,25H,9-12,16H2,1-4H3. The largest absolute Gasteiger partial charge is 0.491 e. The maximum atomic E-state index is 5.71. The van der Waals surface area contributed by atoms with Gasteiger partial charge in [0.2, 0.25) is 0 Å². The Morgan fingerprint density at radius 3 is 2.71 bits per heavy atom. The van der Waals surface area contributed by atoms with Crippen molar-refractivity contribution in [3.05, 3.63) is 42.6 Å². The molecule has 1 aliphatic rings. The number of fused-ring (bicyclic) bond motifs is 1. The van der Waals surface area contributed by atoms with Gasteiger partial charge in [-0.25, -0.2) is 4.98 Å². The van der Waals surface area contributed by atoms with E-state index in [1.165, 1.54) is 5.69 Å². The number of benzene rings is 1. The van der Waals surface area contributed by atoms with E-state index in [0.717, 1.165) is 59.8 Å². The minimum absolute atomic E-state index is 0.264. The molecule has 1 aromatic carbocycles. The Bertz CT molecular complexity index is 1020. The summed E-state index contributed by atoms with van der Waals surface area (Å²) < 4.78 is 11.3. The van der Waals surface area contributed by atoms with Crippen LogP contribution in [0.3, 0.4) is 0 Å². The third-order valence-electron chi connectivity index (χ3n) is 5.73. The van der Waals surface area contributed by atoms with Gasteiger partial charge in [-0.05, 0) is 49.9 Å². The van der Waals surface area contributed by atoms with Crippen LogP contribution in [-0.4, -0.2) is 70.6 Å². The first-order valence-corrected chi connectivity index (χ1v) is 10.7. The predicted molar refractivity (Wildman–Crippen MR) is 126 cm³/mol. The SMILES string of the molecule is CNCCOc1ccc(-c2cc(N3CCC(OC)C3)c3ccc(N(C)C)cc3n2)nc1. The first-order chi connectivity index (χ1) is 15.1. The van der Waals surface area contributed by atoms with Crippen LogP contribution in [0.4, 0.5) is 11.4 Å². The summed E-state index contributed by atoms with van der Waals surface area (Å²) in [4.78, 5) is 14.1. The zero-order chi connectivity index (χ0) is 21.8. The zero-order valence-electron chi connectivity index (χ0n) is 18.8. The van der Waals surface area contributed by atoms with Crippen LogP contribution in [0.25, 0.3) is 22.3 Å². The lowest BCUT2D eigenvalue weighted by atomic mass is 10.1. The predicted octanol–water partition coefficient (Wildman–Crippen LogP) is 3.19. The molecule has 1 saturated heterocycles. The van der Waals surface area contributed by atoms with Gasteiger partial charge < -0.3 is 24.6 Å². The fraction of sp³-hybridized carbons (Fsp3) is 0.417. The molecule has 0 saturated carbocycles. The molecule has 0 radical (unpaired) electrons. The zero-order valence-corrected chi connectivity index (χ0v) is 18.8. The van der Waals surface area contributed by atoms with Crippen molar-refractivity contribution in [1.82, 2.24) is 15.3 Å². The molecule has 0 amide bonds. The Morgan fingerprint density at radius 2 is 2.03 bits per heavy atom. The number of hydrogen-bond acceptors (Lipinski definition) is 7. The molecular formula is C24H31N5O2. The minimum Gasteiger partial charge on any atom is -0.491 e. The van der Waals surface area contributed by atoms with Crippen molar-refractivity contribution in [2.75, 3.05) is 64.3 Å². The summed E-state index contributed by atoms with van der Waals surface area (Å²) in [5.74, 6) is 0.761. The summed E-state index contributed by atoms with van der Waals surface area (Å²) in [6.07, 6.45) is 3.06. The van der Waals surface area contributed by atoms with Crippen LogP contribution >= 0.6 is 0 Å². The monoisotopic (exact) mass is 421 g/mol. The Balaban J connectivity index is 1.72. The quantitative estimate of drug-likeness (QED) is 0.561. The van der Waals surface area contributed by atoms with Crippen LogP contribution < -0.4 is 19.9 Å². The number of nitrogens with one attached hydrogen (secondary N) is 1. The second-order valence-electron chi connectivity index (χ2n) is 8.05. The molecule has 0 spiro atoms. The molecular weight excluding hydrogens is 390 g/mol. The average Bonchev–Trinajstić information content (AvgIpc) is 3.28. The fourth-order valence-electron chi connectivity index (χ4n) is 3.90. The van der Waals surface area contributed by atoms with Crippen molar-refractivity contribution in [3.8, 4) is 17.1 Å². The number of rotatable bonds is 8. The molecule has 3 heterocycles. The Kier molecular flexibility index (Phi) is 6.53. The highest BCUT2D eigenvalue weighted by Crippen LogP contribution is 2.34. The van der Waals surface area contributed by atoms with E-state index in [2.05, 4.69) is 44.4 Å². The molecule has 0 aliphatic carbocycles. The number of aromatic nitrogens is 2. The van der Waals surface area contributed by atoms with E-state index in [1.54, 1.807) is 13.3 Å². The summed E-state index contributed by atoms with van der Waals surface area (Å²) in [6.45, 7) is 3.26. The van der Waals surface area contributed by atoms with E-state index in [-0.39, 0.29) is 6.10 Å². The van der Waals surface area contributed by atoms with Crippen LogP contribution in [0.1, 0.15) is 6.42 Å². The molecule has 3 aromatic rings. The van der Waals surface area contributed by atoms with Gasteiger partial charge in [0.25, 0.3) is 0 Å². The summed E-state index contributed by atoms with van der Waals surface area (Å²) in [7, 11) is 7.79. The number of pyridine rings is 2. The molecule has 31 heavy (non-hydrogen) atoms. The molecule has 1 fully saturated rings. The molecule has 0 bridgehead atoms. The first-order valence-electron chi connectivity index (χ1n) is 10.7. The van der Waals surface area contributed by atoms with Crippen molar-refractivity contribution in [2.24, 2.45) is 0 Å². The highest BCUT2D eigenvalue weighted by Gasteiger charge is 2.24. The maximum absolute atomic E-state index is 5.71. The van der Waals surface area contributed by atoms with Gasteiger partial charge in [0.05, 0.1) is 29.2 Å². The highest BCUT2D eigenvalue weighted by molar-refractivity contribution is 5.96. The molecule has 1 unspecified atom stereocenters. The summed E-state index contributed by atoms with van der Waals surface area (Å²) in [6, 6.07) is 12.5. The van der Waals surface area contributed by atoms with Crippen molar-refractivity contribution < 1.29 is 9.47 Å². The van der Waals surface area contributed by atoms with Crippen molar-refractivity contribution in [3.63, 3.8) is 0 Å². The van der Waals surface area contributed by atoms with Crippen molar-refractivity contribution >= 4 is 22.3 Å². The van der Waals surface area contributed by atoms with Crippen molar-refractivity contribution in [1.29, 1.82) is 0 Å². The highest BCUT2D eigenvalue weighted by atomic mass is 16.5. The van der Waals surface area contributed by atoms with Crippen molar-refractivity contribution in [2.45, 2.75) is 12.5 Å². The molecule has 1 atom stereocenters. The number of anilines is 2. The second-order valence-corrected chi connectivity index (χ2v) is 8.05. The summed E-state index contributed by atoms with van der Waals surface area (Å²) in [5, 5.41) is 4.22. The number of nitrogens with zero attached hydrogens (tertiary/aromatic N) is 4. The third kappa shape index (κ3) is 4.73. The Morgan fingerprint density at radius 1 is 1.16 bits per heavy atom. The lowest BCUT2D eigenvalue weighted by Crippen LogP contribution is -2.22. The van der Waals surface area contributed by atoms with E-state index < -0.39 is 0 Å². The van der Waals surface area contributed by atoms with Crippen LogP contribution in [0, 0.1) is 0 Å². The minimum atomic E-state index is 0.264. The number of likely N-dealkylation sites (N-methyl/N-ethyl adjacent to an activating group) is 1. The molecule has 1 aliphatic heterocycles. The Labute approximate surface area is 184 Å². The van der Waals surface area contributed by atoms with E-state index in [0.29, 0.717) is 6.61 Å². The average molecular weight is 422 g/mol. The Hall–Kier alpha value is -2.90. The van der Waals surface area contributed by atoms with Crippen LogP contribution in [0.15, 0.2) is 42.6 Å². The van der Waals surface area contributed by atoms with E-state index in [9.17, 15) is 0 Å². The number of hydrogen-bond donors (Lipinski definition) is 1. The third-order valence-corrected chi connectivity index (χ3v) is 5.73. The van der Waals surface area contributed by atoms with Gasteiger partial charge in [-0.15, -0.1) is 0 Å².